The highest BCUT2D eigenvalue weighted by Gasteiger charge is 2.27. The van der Waals surface area contributed by atoms with Gasteiger partial charge < -0.3 is 10.4 Å². The predicted octanol–water partition coefficient (Wildman–Crippen LogP) is 0.692. The number of aliphatic hydroxyl groups excluding tert-OH is 1. The van der Waals surface area contributed by atoms with Crippen LogP contribution in [0, 0.1) is 5.92 Å². The van der Waals surface area contributed by atoms with Gasteiger partial charge >= 0.3 is 0 Å². The van der Waals surface area contributed by atoms with Crippen molar-refractivity contribution >= 4 is 28.8 Å². The minimum atomic E-state index is -0.249. The molecule has 1 saturated carbocycles. The van der Waals surface area contributed by atoms with Crippen LogP contribution in [-0.4, -0.2) is 33.9 Å². The molecule has 15 heavy (non-hydrogen) atoms. The Hall–Kier alpha value is -0.720. The SMILES string of the molecule is O=C(NCC1CC(O)C1)c1nnc(Cl)s1. The Labute approximate surface area is 95.5 Å². The van der Waals surface area contributed by atoms with Crippen LogP contribution in [-0.2, 0) is 0 Å². The van der Waals surface area contributed by atoms with E-state index < -0.39 is 0 Å². The summed E-state index contributed by atoms with van der Waals surface area (Å²) < 4.78 is 0.263. The molecule has 2 N–H and O–H groups in total. The van der Waals surface area contributed by atoms with Gasteiger partial charge in [0.15, 0.2) is 0 Å². The Bertz CT molecular complexity index is 365. The minimum Gasteiger partial charge on any atom is -0.393 e. The van der Waals surface area contributed by atoms with E-state index in [0.717, 1.165) is 24.2 Å². The van der Waals surface area contributed by atoms with Crippen molar-refractivity contribution < 1.29 is 9.90 Å². The molecule has 1 heterocycles. The first-order valence-electron chi connectivity index (χ1n) is 4.60. The lowest BCUT2D eigenvalue weighted by Gasteiger charge is -2.31. The van der Waals surface area contributed by atoms with Crippen LogP contribution in [0.2, 0.25) is 4.47 Å². The Kier molecular flexibility index (Phi) is 3.18. The van der Waals surface area contributed by atoms with Crippen LogP contribution in [0.3, 0.4) is 0 Å². The van der Waals surface area contributed by atoms with Gasteiger partial charge in [0.1, 0.15) is 0 Å². The van der Waals surface area contributed by atoms with Gasteiger partial charge in [-0.25, -0.2) is 0 Å². The fraction of sp³-hybridized carbons (Fsp3) is 0.625. The van der Waals surface area contributed by atoms with Gasteiger partial charge in [-0.05, 0) is 30.4 Å². The van der Waals surface area contributed by atoms with Gasteiger partial charge in [-0.3, -0.25) is 4.79 Å². The number of rotatable bonds is 3. The van der Waals surface area contributed by atoms with Crippen molar-refractivity contribution in [2.75, 3.05) is 6.54 Å². The van der Waals surface area contributed by atoms with E-state index in [1.807, 2.05) is 0 Å². The van der Waals surface area contributed by atoms with Crippen molar-refractivity contribution in [2.45, 2.75) is 18.9 Å². The number of hydrogen-bond donors (Lipinski definition) is 2. The third-order valence-corrected chi connectivity index (χ3v) is 3.37. The quantitative estimate of drug-likeness (QED) is 0.824. The Morgan fingerprint density at radius 1 is 1.60 bits per heavy atom. The Morgan fingerprint density at radius 3 is 2.87 bits per heavy atom. The molecule has 0 spiro atoms. The zero-order valence-electron chi connectivity index (χ0n) is 7.81. The lowest BCUT2D eigenvalue weighted by Crippen LogP contribution is -2.38. The summed E-state index contributed by atoms with van der Waals surface area (Å²) in [6.07, 6.45) is 1.33. The molecule has 5 nitrogen and oxygen atoms in total. The van der Waals surface area contributed by atoms with Crippen molar-refractivity contribution in [3.8, 4) is 0 Å². The van der Waals surface area contributed by atoms with Crippen LogP contribution in [0.1, 0.15) is 22.6 Å². The molecular weight excluding hydrogens is 238 g/mol. The number of carbonyl (C=O) groups is 1. The van der Waals surface area contributed by atoms with Gasteiger partial charge in [0, 0.05) is 6.54 Å². The van der Waals surface area contributed by atoms with Crippen molar-refractivity contribution in [1.82, 2.24) is 15.5 Å². The maximum Gasteiger partial charge on any atom is 0.282 e. The first-order chi connectivity index (χ1) is 7.15. The van der Waals surface area contributed by atoms with Crippen LogP contribution in [0.15, 0.2) is 0 Å². The molecule has 0 unspecified atom stereocenters. The maximum absolute atomic E-state index is 11.5. The molecule has 0 radical (unpaired) electrons. The van der Waals surface area contributed by atoms with E-state index in [1.54, 1.807) is 0 Å². The molecule has 0 bridgehead atoms. The van der Waals surface area contributed by atoms with E-state index in [0.29, 0.717) is 12.5 Å². The number of aliphatic hydroxyl groups is 1. The van der Waals surface area contributed by atoms with Crippen molar-refractivity contribution in [3.05, 3.63) is 9.47 Å². The number of carbonyl (C=O) groups excluding carboxylic acids is 1. The third-order valence-electron chi connectivity index (χ3n) is 2.36. The molecule has 1 aromatic rings. The van der Waals surface area contributed by atoms with Crippen molar-refractivity contribution in [2.24, 2.45) is 5.92 Å². The molecule has 7 heteroatoms. The van der Waals surface area contributed by atoms with Gasteiger partial charge in [-0.1, -0.05) is 11.3 Å². The Balaban J connectivity index is 1.78. The normalized spacial score (nSPS) is 24.7. The minimum absolute atomic E-state index is 0.192. The Morgan fingerprint density at radius 2 is 2.33 bits per heavy atom. The highest BCUT2D eigenvalue weighted by Crippen LogP contribution is 2.26. The second-order valence-corrected chi connectivity index (χ2v) is 5.12. The van der Waals surface area contributed by atoms with Gasteiger partial charge in [0.25, 0.3) is 5.91 Å². The summed E-state index contributed by atoms with van der Waals surface area (Å²) in [6, 6.07) is 0. The average Bonchev–Trinajstić information content (AvgIpc) is 2.57. The lowest BCUT2D eigenvalue weighted by atomic mass is 9.82. The zero-order chi connectivity index (χ0) is 10.8. The summed E-state index contributed by atoms with van der Waals surface area (Å²) in [5, 5.41) is 19.2. The second-order valence-electron chi connectivity index (χ2n) is 3.56. The van der Waals surface area contributed by atoms with Crippen molar-refractivity contribution in [1.29, 1.82) is 0 Å². The first kappa shape index (κ1) is 10.8. The summed E-state index contributed by atoms with van der Waals surface area (Å²) in [5.74, 6) is 0.133. The highest BCUT2D eigenvalue weighted by molar-refractivity contribution is 7.17. The molecule has 1 fully saturated rings. The second kappa shape index (κ2) is 4.42. The standard InChI is InChI=1S/C8H10ClN3O2S/c9-8-12-11-7(15-8)6(14)10-3-4-1-5(13)2-4/h4-5,13H,1-3H2,(H,10,14). The van der Waals surface area contributed by atoms with Crippen LogP contribution in [0.25, 0.3) is 0 Å². The highest BCUT2D eigenvalue weighted by atomic mass is 35.5. The molecule has 1 aliphatic rings. The van der Waals surface area contributed by atoms with Gasteiger partial charge in [0.2, 0.25) is 9.47 Å². The largest absolute Gasteiger partial charge is 0.393 e. The maximum atomic E-state index is 11.5. The number of nitrogens with zero attached hydrogens (tertiary/aromatic N) is 2. The van der Waals surface area contributed by atoms with E-state index in [4.69, 9.17) is 16.7 Å². The van der Waals surface area contributed by atoms with Crippen LogP contribution < -0.4 is 5.32 Å². The number of nitrogens with one attached hydrogen (secondary N) is 1. The topological polar surface area (TPSA) is 75.1 Å². The summed E-state index contributed by atoms with van der Waals surface area (Å²) in [7, 11) is 0. The average molecular weight is 248 g/mol. The molecule has 2 rings (SSSR count). The van der Waals surface area contributed by atoms with Crippen LogP contribution in [0.4, 0.5) is 0 Å². The molecule has 0 aromatic carbocycles. The number of aromatic nitrogens is 2. The van der Waals surface area contributed by atoms with Gasteiger partial charge in [0.05, 0.1) is 6.10 Å². The lowest BCUT2D eigenvalue weighted by molar-refractivity contribution is 0.0420. The van der Waals surface area contributed by atoms with E-state index in [-0.39, 0.29) is 21.5 Å². The fourth-order valence-corrected chi connectivity index (χ4v) is 2.22. The monoisotopic (exact) mass is 247 g/mol. The van der Waals surface area contributed by atoms with E-state index in [9.17, 15) is 4.79 Å². The number of hydrogen-bond acceptors (Lipinski definition) is 5. The zero-order valence-corrected chi connectivity index (χ0v) is 9.38. The summed E-state index contributed by atoms with van der Waals surface area (Å²) in [4.78, 5) is 11.5. The summed E-state index contributed by atoms with van der Waals surface area (Å²) in [5.41, 5.74) is 0. The van der Waals surface area contributed by atoms with Crippen LogP contribution >= 0.6 is 22.9 Å². The molecule has 1 aromatic heterocycles. The third kappa shape index (κ3) is 2.64. The van der Waals surface area contributed by atoms with Gasteiger partial charge in [-0.15, -0.1) is 10.2 Å². The van der Waals surface area contributed by atoms with Crippen LogP contribution in [0.5, 0.6) is 0 Å². The van der Waals surface area contributed by atoms with E-state index in [1.165, 1.54) is 0 Å². The van der Waals surface area contributed by atoms with E-state index >= 15 is 0 Å². The molecular formula is C8H10ClN3O2S. The van der Waals surface area contributed by atoms with Crippen molar-refractivity contribution in [3.63, 3.8) is 0 Å². The smallest absolute Gasteiger partial charge is 0.282 e. The number of amides is 1. The van der Waals surface area contributed by atoms with E-state index in [2.05, 4.69) is 15.5 Å². The molecule has 1 aliphatic carbocycles. The molecule has 0 atom stereocenters. The summed E-state index contributed by atoms with van der Waals surface area (Å²) >= 11 is 6.61. The summed E-state index contributed by atoms with van der Waals surface area (Å²) in [6.45, 7) is 0.576. The number of halogens is 1. The molecule has 0 aliphatic heterocycles. The molecule has 0 saturated heterocycles. The molecule has 82 valence electrons. The first-order valence-corrected chi connectivity index (χ1v) is 5.80. The fourth-order valence-electron chi connectivity index (χ4n) is 1.48. The van der Waals surface area contributed by atoms with Gasteiger partial charge in [-0.2, -0.15) is 0 Å². The molecule has 1 amide bonds. The predicted molar refractivity (Wildman–Crippen MR) is 56.0 cm³/mol.